The molecule has 0 bridgehead atoms. The van der Waals surface area contributed by atoms with Crippen molar-refractivity contribution >= 4 is 38.2 Å². The summed E-state index contributed by atoms with van der Waals surface area (Å²) in [5.74, 6) is -1.82. The van der Waals surface area contributed by atoms with E-state index in [9.17, 15) is 22.0 Å². The zero-order valence-corrected chi connectivity index (χ0v) is 20.8. The molecule has 2 heterocycles. The Morgan fingerprint density at radius 1 is 1.09 bits per heavy atom. The molecule has 4 rings (SSSR count). The molecule has 0 saturated carbocycles. The van der Waals surface area contributed by atoms with Crippen LogP contribution in [0.2, 0.25) is 0 Å². The summed E-state index contributed by atoms with van der Waals surface area (Å²) in [6.07, 6.45) is 0. The summed E-state index contributed by atoms with van der Waals surface area (Å²) in [7, 11) is -4.04. The number of nitrogens with two attached hydrogens (primary N) is 1. The summed E-state index contributed by atoms with van der Waals surface area (Å²) in [6.45, 7) is 4.32. The van der Waals surface area contributed by atoms with Gasteiger partial charge in [0.15, 0.2) is 9.34 Å². The average Bonchev–Trinajstić information content (AvgIpc) is 3.17. The Kier molecular flexibility index (Phi) is 6.41. The molecular weight excluding hydrogens is 501 g/mol. The van der Waals surface area contributed by atoms with Gasteiger partial charge in [0.2, 0.25) is 10.0 Å². The molecule has 186 valence electrons. The number of thiazole rings is 1. The highest BCUT2D eigenvalue weighted by molar-refractivity contribution is 7.91. The molecule has 12 heteroatoms. The fourth-order valence-electron chi connectivity index (χ4n) is 3.90. The van der Waals surface area contributed by atoms with E-state index >= 15 is 4.39 Å². The highest BCUT2D eigenvalue weighted by atomic mass is 32.2. The number of carbonyl (C=O) groups excluding carboxylic acids is 1. The molecule has 1 fully saturated rings. The van der Waals surface area contributed by atoms with Gasteiger partial charge in [-0.2, -0.15) is 0 Å². The Morgan fingerprint density at radius 2 is 1.71 bits per heavy atom. The second-order valence-corrected chi connectivity index (χ2v) is 11.6. The molecule has 1 aliphatic rings. The summed E-state index contributed by atoms with van der Waals surface area (Å²) < 4.78 is 66.4. The van der Waals surface area contributed by atoms with Gasteiger partial charge in [0.1, 0.15) is 17.3 Å². The van der Waals surface area contributed by atoms with Crippen LogP contribution >= 0.6 is 11.3 Å². The fraction of sp³-hybridized carbons (Fsp3) is 0.304. The lowest BCUT2D eigenvalue weighted by Gasteiger charge is -2.42. The van der Waals surface area contributed by atoms with E-state index in [-0.39, 0.29) is 33.7 Å². The molecule has 2 amide bonds. The van der Waals surface area contributed by atoms with Crippen LogP contribution in [0.4, 0.5) is 28.8 Å². The number of amides is 2. The van der Waals surface area contributed by atoms with Crippen LogP contribution < -0.4 is 14.9 Å². The van der Waals surface area contributed by atoms with Gasteiger partial charge < -0.3 is 0 Å². The SMILES string of the molecule is Cc1nc(N2C[C@H](C(C)(C)F)CN(c3ccc(-c4cc(F)ccc4F)cc3)C2=O)sc1S(N)(=O)=O. The molecule has 2 aromatic carbocycles. The maximum absolute atomic E-state index is 15.0. The first-order valence-corrected chi connectivity index (χ1v) is 13.0. The van der Waals surface area contributed by atoms with E-state index in [2.05, 4.69) is 4.98 Å². The van der Waals surface area contributed by atoms with Gasteiger partial charge in [-0.15, -0.1) is 0 Å². The lowest BCUT2D eigenvalue weighted by molar-refractivity contribution is 0.126. The molecular formula is C23H23F3N4O3S2. The maximum atomic E-state index is 15.0. The minimum atomic E-state index is -4.04. The minimum absolute atomic E-state index is 0.0115. The highest BCUT2D eigenvalue weighted by Gasteiger charge is 2.42. The normalized spacial score (nSPS) is 17.2. The summed E-state index contributed by atoms with van der Waals surface area (Å²) in [5.41, 5.74) is -0.636. The number of sulfonamides is 1. The molecule has 0 radical (unpaired) electrons. The van der Waals surface area contributed by atoms with Gasteiger partial charge in [-0.3, -0.25) is 9.80 Å². The summed E-state index contributed by atoms with van der Waals surface area (Å²) in [4.78, 5) is 20.2. The van der Waals surface area contributed by atoms with E-state index in [4.69, 9.17) is 5.14 Å². The van der Waals surface area contributed by atoms with Crippen molar-refractivity contribution in [1.29, 1.82) is 0 Å². The molecule has 2 N–H and O–H groups in total. The minimum Gasteiger partial charge on any atom is -0.294 e. The van der Waals surface area contributed by atoms with Gasteiger partial charge in [0.25, 0.3) is 0 Å². The van der Waals surface area contributed by atoms with E-state index in [1.54, 1.807) is 24.3 Å². The third-order valence-electron chi connectivity index (χ3n) is 5.89. The lowest BCUT2D eigenvalue weighted by Crippen LogP contribution is -2.57. The van der Waals surface area contributed by atoms with Gasteiger partial charge in [-0.1, -0.05) is 23.5 Å². The quantitative estimate of drug-likeness (QED) is 0.516. The molecule has 35 heavy (non-hydrogen) atoms. The van der Waals surface area contributed by atoms with Crippen LogP contribution in [0.15, 0.2) is 46.7 Å². The van der Waals surface area contributed by atoms with Crippen molar-refractivity contribution in [2.24, 2.45) is 11.1 Å². The number of carbonyl (C=O) groups is 1. The molecule has 1 aromatic heterocycles. The van der Waals surface area contributed by atoms with Crippen molar-refractivity contribution in [1.82, 2.24) is 4.98 Å². The van der Waals surface area contributed by atoms with Crippen LogP contribution in [0.5, 0.6) is 0 Å². The Balaban J connectivity index is 1.71. The van der Waals surface area contributed by atoms with Crippen molar-refractivity contribution in [2.45, 2.75) is 30.6 Å². The first-order chi connectivity index (χ1) is 16.3. The first-order valence-electron chi connectivity index (χ1n) is 10.6. The van der Waals surface area contributed by atoms with Crippen LogP contribution in [0.25, 0.3) is 11.1 Å². The number of benzene rings is 2. The Hall–Kier alpha value is -2.96. The topological polar surface area (TPSA) is 96.6 Å². The highest BCUT2D eigenvalue weighted by Crippen LogP contribution is 2.37. The predicted octanol–water partition coefficient (Wildman–Crippen LogP) is 4.86. The molecule has 7 nitrogen and oxygen atoms in total. The van der Waals surface area contributed by atoms with Crippen LogP contribution in [0, 0.1) is 24.5 Å². The number of aromatic nitrogens is 1. The number of hydrogen-bond donors (Lipinski definition) is 1. The van der Waals surface area contributed by atoms with Crippen LogP contribution in [-0.4, -0.2) is 38.2 Å². The van der Waals surface area contributed by atoms with E-state index in [0.717, 1.165) is 29.5 Å². The zero-order valence-electron chi connectivity index (χ0n) is 19.1. The number of halogens is 3. The second kappa shape index (κ2) is 8.92. The number of primary sulfonamides is 1. The predicted molar refractivity (Wildman–Crippen MR) is 129 cm³/mol. The number of urea groups is 1. The lowest BCUT2D eigenvalue weighted by atomic mass is 9.90. The van der Waals surface area contributed by atoms with Crippen molar-refractivity contribution in [3.63, 3.8) is 0 Å². The summed E-state index contributed by atoms with van der Waals surface area (Å²) >= 11 is 0.744. The van der Waals surface area contributed by atoms with Crippen molar-refractivity contribution < 1.29 is 26.4 Å². The molecule has 1 aliphatic heterocycles. The van der Waals surface area contributed by atoms with Crippen LogP contribution in [0.3, 0.4) is 0 Å². The molecule has 0 unspecified atom stereocenters. The summed E-state index contributed by atoms with van der Waals surface area (Å²) in [6, 6.07) is 8.82. The molecule has 1 saturated heterocycles. The number of rotatable bonds is 5. The maximum Gasteiger partial charge on any atom is 0.330 e. The van der Waals surface area contributed by atoms with Gasteiger partial charge >= 0.3 is 6.03 Å². The monoisotopic (exact) mass is 524 g/mol. The number of nitrogens with zero attached hydrogens (tertiary/aromatic N) is 3. The van der Waals surface area contributed by atoms with Gasteiger partial charge in [0.05, 0.1) is 5.69 Å². The van der Waals surface area contributed by atoms with Gasteiger partial charge in [0, 0.05) is 30.3 Å². The Bertz CT molecular complexity index is 1390. The number of aryl methyl sites for hydroxylation is 1. The zero-order chi connectivity index (χ0) is 25.7. The van der Waals surface area contributed by atoms with Crippen LogP contribution in [0.1, 0.15) is 19.5 Å². The fourth-order valence-corrected chi connectivity index (χ4v) is 5.85. The molecule has 0 aliphatic carbocycles. The molecule has 0 spiro atoms. The smallest absolute Gasteiger partial charge is 0.294 e. The Morgan fingerprint density at radius 3 is 2.29 bits per heavy atom. The Labute approximate surface area is 205 Å². The third-order valence-corrected chi connectivity index (χ3v) is 8.62. The standard InChI is InChI=1S/C23H23F3N4O3S2/c1-13-20(35(27,32)33)34-21(28-13)30-12-15(23(2,3)26)11-29(22(30)31)17-7-4-14(5-8-17)18-10-16(24)6-9-19(18)25/h4-10,15H,11-12H2,1-3H3,(H2,27,32,33)/t15-/m1/s1. The number of hydrogen-bond acceptors (Lipinski definition) is 5. The second-order valence-electron chi connectivity index (χ2n) is 8.85. The van der Waals surface area contributed by atoms with Crippen molar-refractivity contribution in [3.05, 3.63) is 59.8 Å². The largest absolute Gasteiger partial charge is 0.330 e. The van der Waals surface area contributed by atoms with E-state index in [0.29, 0.717) is 11.3 Å². The van der Waals surface area contributed by atoms with E-state index < -0.39 is 39.3 Å². The summed E-state index contributed by atoms with van der Waals surface area (Å²) in [5, 5.41) is 5.34. The molecule has 3 aromatic rings. The van der Waals surface area contributed by atoms with Gasteiger partial charge in [-0.05, 0) is 56.7 Å². The average molecular weight is 525 g/mol. The number of alkyl halides is 1. The van der Waals surface area contributed by atoms with Gasteiger partial charge in [-0.25, -0.2) is 36.5 Å². The molecule has 1 atom stereocenters. The van der Waals surface area contributed by atoms with Crippen molar-refractivity contribution in [3.8, 4) is 11.1 Å². The van der Waals surface area contributed by atoms with E-state index in [1.165, 1.54) is 30.6 Å². The van der Waals surface area contributed by atoms with Crippen LogP contribution in [-0.2, 0) is 10.0 Å². The van der Waals surface area contributed by atoms with E-state index in [1.807, 2.05) is 0 Å². The van der Waals surface area contributed by atoms with Crippen molar-refractivity contribution in [2.75, 3.05) is 22.9 Å². The first kappa shape index (κ1) is 25.1. The number of anilines is 2. The third kappa shape index (κ3) is 5.04.